The van der Waals surface area contributed by atoms with Crippen LogP contribution in [0.3, 0.4) is 0 Å². The van der Waals surface area contributed by atoms with Crippen molar-refractivity contribution in [2.24, 2.45) is 5.92 Å². The molecule has 0 saturated carbocycles. The average molecular weight is 537 g/mol. The number of aliphatic hydroxyl groups is 1. The zero-order valence-electron chi connectivity index (χ0n) is 22.6. The minimum Gasteiger partial charge on any atom is -0.497 e. The Kier molecular flexibility index (Phi) is 7.06. The van der Waals surface area contributed by atoms with Crippen molar-refractivity contribution < 1.29 is 24.1 Å². The number of carbonyl (C=O) groups is 1. The summed E-state index contributed by atoms with van der Waals surface area (Å²) in [5.74, 6) is 1.32. The number of methoxy groups -OCH3 is 2. The van der Waals surface area contributed by atoms with Crippen LogP contribution >= 0.6 is 0 Å². The van der Waals surface area contributed by atoms with Crippen LogP contribution in [-0.4, -0.2) is 61.0 Å². The lowest BCUT2D eigenvalue weighted by Crippen LogP contribution is -2.51. The molecule has 5 rings (SSSR count). The first-order valence-corrected chi connectivity index (χ1v) is 16.1. The molecule has 0 unspecified atom stereocenters. The standard InChI is InChI=1S/C28H36N4O5Si/c1-18-26(38(4,5)22-9-6-20(35-2)7-10-22)25(12-14-32-17-19(13-15-33)30-31-32)37-28(18)23-16-21(36-3)8-11-24(23)29-27(28)34/h6-11,16-18,25-26,33H,12-15H2,1-5H3,(H,29,34)/t18-,25+,26-,28+/m1/s1. The highest BCUT2D eigenvalue weighted by Gasteiger charge is 2.64. The van der Waals surface area contributed by atoms with E-state index < -0.39 is 13.7 Å². The van der Waals surface area contributed by atoms with Crippen LogP contribution in [0.25, 0.3) is 0 Å². The number of carbonyl (C=O) groups excluding carboxylic acids is 1. The zero-order valence-corrected chi connectivity index (χ0v) is 23.6. The second-order valence-corrected chi connectivity index (χ2v) is 15.4. The maximum atomic E-state index is 13.7. The minimum absolute atomic E-state index is 0.0339. The molecule has 3 heterocycles. The molecule has 2 N–H and O–H groups in total. The van der Waals surface area contributed by atoms with Gasteiger partial charge in [-0.3, -0.25) is 9.48 Å². The van der Waals surface area contributed by atoms with Crippen molar-refractivity contribution >= 4 is 24.9 Å². The number of hydrogen-bond acceptors (Lipinski definition) is 7. The number of amides is 1. The third-order valence-electron chi connectivity index (χ3n) is 8.39. The molecule has 0 radical (unpaired) electrons. The summed E-state index contributed by atoms with van der Waals surface area (Å²) in [5.41, 5.74) is 1.41. The Hall–Kier alpha value is -3.21. The van der Waals surface area contributed by atoms with E-state index in [9.17, 15) is 9.90 Å². The van der Waals surface area contributed by atoms with Crippen molar-refractivity contribution in [3.05, 3.63) is 59.9 Å². The Balaban J connectivity index is 1.54. The maximum absolute atomic E-state index is 13.7. The van der Waals surface area contributed by atoms with E-state index in [1.54, 1.807) is 18.9 Å². The number of nitrogens with zero attached hydrogens (tertiary/aromatic N) is 3. The molecule has 1 amide bonds. The number of hydrogen-bond donors (Lipinski definition) is 2. The van der Waals surface area contributed by atoms with Gasteiger partial charge in [0.05, 0.1) is 34.1 Å². The number of aromatic nitrogens is 3. The Morgan fingerprint density at radius 1 is 1.13 bits per heavy atom. The lowest BCUT2D eigenvalue weighted by atomic mass is 9.82. The zero-order chi connectivity index (χ0) is 27.1. The molecule has 2 aromatic carbocycles. The third kappa shape index (κ3) is 4.30. The number of aryl methyl sites for hydroxylation is 1. The van der Waals surface area contributed by atoms with Gasteiger partial charge in [-0.05, 0) is 42.3 Å². The molecule has 1 aromatic heterocycles. The largest absolute Gasteiger partial charge is 0.497 e. The van der Waals surface area contributed by atoms with Crippen molar-refractivity contribution in [2.45, 2.75) is 56.7 Å². The fraction of sp³-hybridized carbons (Fsp3) is 0.464. The van der Waals surface area contributed by atoms with Crippen LogP contribution in [0.15, 0.2) is 48.7 Å². The normalized spacial score (nSPS) is 24.5. The predicted molar refractivity (Wildman–Crippen MR) is 147 cm³/mol. The number of nitrogens with one attached hydrogen (secondary N) is 1. The molecule has 1 fully saturated rings. The van der Waals surface area contributed by atoms with E-state index in [1.807, 2.05) is 36.5 Å². The van der Waals surface area contributed by atoms with Crippen molar-refractivity contribution in [3.8, 4) is 11.5 Å². The van der Waals surface area contributed by atoms with Gasteiger partial charge in [0.1, 0.15) is 11.5 Å². The molecule has 2 aliphatic heterocycles. The Morgan fingerprint density at radius 3 is 2.53 bits per heavy atom. The molecule has 1 saturated heterocycles. The highest BCUT2D eigenvalue weighted by atomic mass is 28.3. The fourth-order valence-corrected chi connectivity index (χ4v) is 10.5. The van der Waals surface area contributed by atoms with Crippen molar-refractivity contribution in [2.75, 3.05) is 26.1 Å². The van der Waals surface area contributed by atoms with Crippen LogP contribution in [0.1, 0.15) is 24.6 Å². The smallest absolute Gasteiger partial charge is 0.261 e. The van der Waals surface area contributed by atoms with Crippen LogP contribution in [-0.2, 0) is 28.1 Å². The molecule has 4 atom stereocenters. The molecular weight excluding hydrogens is 500 g/mol. The molecule has 0 bridgehead atoms. The minimum atomic E-state index is -2.19. The monoisotopic (exact) mass is 536 g/mol. The fourth-order valence-electron chi connectivity index (χ4n) is 6.45. The summed E-state index contributed by atoms with van der Waals surface area (Å²) in [4.78, 5) is 13.7. The molecule has 2 aliphatic rings. The van der Waals surface area contributed by atoms with Crippen LogP contribution in [0.5, 0.6) is 11.5 Å². The summed E-state index contributed by atoms with van der Waals surface area (Å²) in [6, 6.07) is 14.0. The van der Waals surface area contributed by atoms with Crippen LogP contribution < -0.4 is 20.0 Å². The SMILES string of the molecule is COc1ccc([Si](C)(C)[C@H]2[C@H](CCn3cc(CCO)nn3)O[C@@]3(C(=O)Nc4ccc(OC)cc43)[C@@H]2C)cc1. The summed E-state index contributed by atoms with van der Waals surface area (Å²) in [6.45, 7) is 7.51. The van der Waals surface area contributed by atoms with Crippen molar-refractivity contribution in [1.29, 1.82) is 0 Å². The molecule has 10 heteroatoms. The highest BCUT2D eigenvalue weighted by molar-refractivity contribution is 6.91. The lowest BCUT2D eigenvalue weighted by Gasteiger charge is -2.37. The van der Waals surface area contributed by atoms with E-state index in [4.69, 9.17) is 14.2 Å². The predicted octanol–water partition coefficient (Wildman–Crippen LogP) is 3.09. The first-order chi connectivity index (χ1) is 18.2. The molecular formula is C28H36N4O5Si. The quantitative estimate of drug-likeness (QED) is 0.405. The first-order valence-electron chi connectivity index (χ1n) is 13.1. The van der Waals surface area contributed by atoms with Gasteiger partial charge >= 0.3 is 0 Å². The van der Waals surface area contributed by atoms with E-state index in [0.717, 1.165) is 22.7 Å². The van der Waals surface area contributed by atoms with Crippen LogP contribution in [0.2, 0.25) is 18.6 Å². The summed E-state index contributed by atoms with van der Waals surface area (Å²) < 4.78 is 19.7. The van der Waals surface area contributed by atoms with E-state index in [2.05, 4.69) is 47.8 Å². The number of aliphatic hydroxyl groups excluding tert-OH is 1. The molecule has 1 spiro atoms. The lowest BCUT2D eigenvalue weighted by molar-refractivity contribution is -0.143. The number of ether oxygens (including phenoxy) is 3. The Morgan fingerprint density at radius 2 is 1.84 bits per heavy atom. The van der Waals surface area contributed by atoms with Gasteiger partial charge < -0.3 is 24.6 Å². The van der Waals surface area contributed by atoms with Crippen LogP contribution in [0.4, 0.5) is 5.69 Å². The molecule has 3 aromatic rings. The van der Waals surface area contributed by atoms with Gasteiger partial charge in [0.2, 0.25) is 0 Å². The number of rotatable bonds is 9. The summed E-state index contributed by atoms with van der Waals surface area (Å²) in [7, 11) is 1.11. The molecule has 38 heavy (non-hydrogen) atoms. The van der Waals surface area contributed by atoms with Gasteiger partial charge in [-0.1, -0.05) is 42.6 Å². The summed E-state index contributed by atoms with van der Waals surface area (Å²) in [5, 5.41) is 22.0. The first kappa shape index (κ1) is 26.4. The van der Waals surface area contributed by atoms with Crippen LogP contribution in [0, 0.1) is 5.92 Å². The van der Waals surface area contributed by atoms with Gasteiger partial charge in [0.25, 0.3) is 5.91 Å². The topological polar surface area (TPSA) is 108 Å². The summed E-state index contributed by atoms with van der Waals surface area (Å²) >= 11 is 0. The third-order valence-corrected chi connectivity index (χ3v) is 12.8. The second-order valence-electron chi connectivity index (χ2n) is 10.8. The molecule has 202 valence electrons. The number of benzene rings is 2. The summed E-state index contributed by atoms with van der Waals surface area (Å²) in [6.07, 6.45) is 2.84. The van der Waals surface area contributed by atoms with Gasteiger partial charge in [-0.15, -0.1) is 5.10 Å². The molecule has 0 aliphatic carbocycles. The van der Waals surface area contributed by atoms with E-state index >= 15 is 0 Å². The van der Waals surface area contributed by atoms with E-state index in [1.165, 1.54) is 5.19 Å². The van der Waals surface area contributed by atoms with Gasteiger partial charge in [-0.25, -0.2) is 0 Å². The maximum Gasteiger partial charge on any atom is 0.261 e. The van der Waals surface area contributed by atoms with Gasteiger partial charge in [0, 0.05) is 42.9 Å². The van der Waals surface area contributed by atoms with Crippen molar-refractivity contribution in [1.82, 2.24) is 15.0 Å². The highest BCUT2D eigenvalue weighted by Crippen LogP contribution is 2.59. The number of fused-ring (bicyclic) bond motifs is 2. The van der Waals surface area contributed by atoms with Gasteiger partial charge in [-0.2, -0.15) is 0 Å². The van der Waals surface area contributed by atoms with E-state index in [0.29, 0.717) is 25.1 Å². The molecule has 9 nitrogen and oxygen atoms in total. The average Bonchev–Trinajstić information content (AvgIpc) is 3.58. The Labute approximate surface area is 224 Å². The number of anilines is 1. The van der Waals surface area contributed by atoms with Crippen molar-refractivity contribution in [3.63, 3.8) is 0 Å². The van der Waals surface area contributed by atoms with Gasteiger partial charge in [0.15, 0.2) is 5.60 Å². The van der Waals surface area contributed by atoms with E-state index in [-0.39, 0.29) is 30.1 Å². The second kappa shape index (κ2) is 10.2. The Bertz CT molecular complexity index is 1310.